The molecule has 4 fully saturated rings. The molecule has 4 saturated carbocycles. The van der Waals surface area contributed by atoms with Gasteiger partial charge in [0.1, 0.15) is 0 Å². The van der Waals surface area contributed by atoms with Crippen LogP contribution < -0.4 is 0 Å². The van der Waals surface area contributed by atoms with Crippen LogP contribution in [0.25, 0.3) is 11.1 Å². The molecule has 6 aliphatic rings. The Morgan fingerprint density at radius 2 is 1.26 bits per heavy atom. The molecule has 6 aliphatic carbocycles. The third kappa shape index (κ3) is 2.90. The van der Waals surface area contributed by atoms with Crippen LogP contribution in [0, 0.1) is 23.2 Å². The predicted octanol–water partition coefficient (Wildman–Crippen LogP) is 9.85. The van der Waals surface area contributed by atoms with Crippen LogP contribution in [0.4, 0.5) is 0 Å². The number of rotatable bonds is 3. The van der Waals surface area contributed by atoms with Crippen LogP contribution in [0.5, 0.6) is 0 Å². The van der Waals surface area contributed by atoms with Crippen molar-refractivity contribution in [2.45, 2.75) is 55.0 Å². The number of fused-ring (bicyclic) bond motifs is 3. The van der Waals surface area contributed by atoms with Gasteiger partial charge in [-0.3, -0.25) is 0 Å². The Labute approximate surface area is 205 Å². The molecule has 2 aromatic carbocycles. The molecule has 1 unspecified atom stereocenters. The molecular formula is C31H36Cl2Zr. The van der Waals surface area contributed by atoms with Crippen LogP contribution in [0.15, 0.2) is 72.3 Å². The molecule has 1 atom stereocenters. The standard InChI is InChI=1S/C15H19.C13H9.2CH3.CH2.2ClH.Zr/c1-2-4-14(3-1)15-8-11-5-12(9-15)7-13(6-11)10-15;1-3-7-12-10(5-1)9-11-6-2-4-8-13(11)12;;;;;;/h1-4,11-13H,5-10H2;1-9H;2*1H3;1H2;2*1H;/q;;;;;;;+2/p-2. The van der Waals surface area contributed by atoms with E-state index in [1.807, 2.05) is 0 Å². The molecule has 178 valence electrons. The average Bonchev–Trinajstić information content (AvgIpc) is 3.38. The van der Waals surface area contributed by atoms with E-state index in [4.69, 9.17) is 21.2 Å². The van der Waals surface area contributed by atoms with E-state index in [1.54, 1.807) is 0 Å². The zero-order chi connectivity index (χ0) is 23.7. The van der Waals surface area contributed by atoms with Crippen LogP contribution in [0.1, 0.15) is 53.3 Å². The van der Waals surface area contributed by atoms with E-state index in [-0.39, 0.29) is 7.25 Å². The van der Waals surface area contributed by atoms with Crippen molar-refractivity contribution in [3.05, 3.63) is 83.5 Å². The van der Waals surface area contributed by atoms with Gasteiger partial charge < -0.3 is 0 Å². The second-order valence-corrected chi connectivity index (χ2v) is 60.5. The molecule has 0 spiro atoms. The molecule has 4 bridgehead atoms. The summed E-state index contributed by atoms with van der Waals surface area (Å²) in [6, 6.07) is 17.4. The van der Waals surface area contributed by atoms with Gasteiger partial charge in [-0.25, -0.2) is 0 Å². The normalized spacial score (nSPS) is 36.8. The maximum absolute atomic E-state index is 8.19. The van der Waals surface area contributed by atoms with Gasteiger partial charge in [0.25, 0.3) is 0 Å². The van der Waals surface area contributed by atoms with Gasteiger partial charge in [0, 0.05) is 0 Å². The molecule has 34 heavy (non-hydrogen) atoms. The summed E-state index contributed by atoms with van der Waals surface area (Å²) < 4.78 is 9.30. The zero-order valence-corrected chi connectivity index (χ0v) is 24.4. The van der Waals surface area contributed by atoms with Crippen LogP contribution in [-0.4, -0.2) is 4.21 Å². The zero-order valence-electron chi connectivity index (χ0n) is 20.4. The summed E-state index contributed by atoms with van der Waals surface area (Å²) >= 11 is -5.79. The first-order valence-electron chi connectivity index (χ1n) is 13.4. The molecule has 0 nitrogen and oxygen atoms in total. The first-order valence-corrected chi connectivity index (χ1v) is 29.2. The molecule has 3 heteroatoms. The van der Waals surface area contributed by atoms with Crippen LogP contribution >= 0.6 is 17.0 Å². The van der Waals surface area contributed by atoms with Crippen LogP contribution in [0.3, 0.4) is 0 Å². The molecule has 0 aliphatic heterocycles. The van der Waals surface area contributed by atoms with Crippen molar-refractivity contribution in [3.63, 3.8) is 0 Å². The number of halogens is 2. The first-order chi connectivity index (χ1) is 15.8. The fourth-order valence-corrected chi connectivity index (χ4v) is 26.7. The third-order valence-corrected chi connectivity index (χ3v) is 31.2. The number of allylic oxidation sites excluding steroid dienone is 4. The van der Waals surface area contributed by atoms with Gasteiger partial charge in [-0.1, -0.05) is 0 Å². The second-order valence-electron chi connectivity index (χ2n) is 14.8. The van der Waals surface area contributed by atoms with E-state index in [2.05, 4.69) is 76.0 Å². The summed E-state index contributed by atoms with van der Waals surface area (Å²) in [7, 11) is 16.4. The summed E-state index contributed by atoms with van der Waals surface area (Å²) in [5.41, 5.74) is 6.90. The predicted molar refractivity (Wildman–Crippen MR) is 146 cm³/mol. The van der Waals surface area contributed by atoms with Crippen molar-refractivity contribution in [2.24, 2.45) is 23.2 Å². The topological polar surface area (TPSA) is 0 Å². The van der Waals surface area contributed by atoms with Crippen molar-refractivity contribution in [1.82, 2.24) is 0 Å². The fourth-order valence-electron chi connectivity index (χ4n) is 9.66. The molecule has 2 aromatic rings. The van der Waals surface area contributed by atoms with Gasteiger partial charge in [0.05, 0.1) is 0 Å². The van der Waals surface area contributed by atoms with Crippen molar-refractivity contribution >= 4 is 21.2 Å². The minimum atomic E-state index is -5.79. The fraction of sp³-hybridized carbons (Fsp3) is 0.452. The second kappa shape index (κ2) is 5.87. The van der Waals surface area contributed by atoms with Crippen molar-refractivity contribution in [1.29, 1.82) is 0 Å². The van der Waals surface area contributed by atoms with Crippen molar-refractivity contribution < 1.29 is 12.9 Å². The molecule has 0 aromatic heterocycles. The summed E-state index contributed by atoms with van der Waals surface area (Å²) in [6.45, 7) is 0. The monoisotopic (exact) mass is 568 g/mol. The Morgan fingerprint density at radius 3 is 1.76 bits per heavy atom. The van der Waals surface area contributed by atoms with Gasteiger partial charge in [-0.2, -0.15) is 0 Å². The Kier molecular flexibility index (Phi) is 3.88. The Hall–Kier alpha value is -0.747. The third-order valence-electron chi connectivity index (χ3n) is 10.8. The summed E-state index contributed by atoms with van der Waals surface area (Å²) in [5.74, 6) is 2.77. The number of hydrogen-bond donors (Lipinski definition) is 0. The first kappa shape index (κ1) is 22.5. The van der Waals surface area contributed by atoms with Gasteiger partial charge in [-0.15, -0.1) is 0 Å². The Bertz CT molecular complexity index is 1350. The number of hydrogen-bond acceptors (Lipinski definition) is 0. The van der Waals surface area contributed by atoms with Gasteiger partial charge >= 0.3 is 207 Å². The van der Waals surface area contributed by atoms with Gasteiger partial charge in [-0.05, 0) is 0 Å². The molecule has 8 rings (SSSR count). The maximum atomic E-state index is 8.19. The van der Waals surface area contributed by atoms with Crippen molar-refractivity contribution in [3.8, 4) is 11.1 Å². The van der Waals surface area contributed by atoms with E-state index in [9.17, 15) is 0 Å². The van der Waals surface area contributed by atoms with E-state index in [1.165, 1.54) is 66.4 Å². The Balaban J connectivity index is 1.40. The molecule has 0 heterocycles. The Morgan fingerprint density at radius 1 is 0.794 bits per heavy atom. The molecule has 0 amide bonds. The van der Waals surface area contributed by atoms with E-state index in [0.29, 0.717) is 5.41 Å². The van der Waals surface area contributed by atoms with Crippen LogP contribution in [-0.2, 0) is 12.9 Å². The van der Waals surface area contributed by atoms with E-state index in [0.717, 1.165) is 17.8 Å². The SMILES string of the molecule is [CH2]=[Zr]([CH3])([CH3])([Cl])([Cl])([CH]1C=CC(C23CC4CC(CC(C4)C2)C3)=C1)[CH]1c2ccccc2-c2ccccc21. The molecule has 0 saturated heterocycles. The average molecular weight is 571 g/mol. The van der Waals surface area contributed by atoms with Gasteiger partial charge in [0.2, 0.25) is 0 Å². The molecule has 0 radical (unpaired) electrons. The summed E-state index contributed by atoms with van der Waals surface area (Å²) in [4.78, 5) is 0. The number of benzene rings is 2. The summed E-state index contributed by atoms with van der Waals surface area (Å²) in [6.07, 6.45) is 15.7. The quantitative estimate of drug-likeness (QED) is 0.345. The van der Waals surface area contributed by atoms with E-state index >= 15 is 0 Å². The molecule has 0 N–H and O–H groups in total. The van der Waals surface area contributed by atoms with E-state index < -0.39 is 12.9 Å². The van der Waals surface area contributed by atoms with Crippen LogP contribution in [0.2, 0.25) is 12.9 Å². The summed E-state index contributed by atoms with van der Waals surface area (Å²) in [5, 5.41) is 0. The van der Waals surface area contributed by atoms with Gasteiger partial charge in [0.15, 0.2) is 0 Å². The molecular weight excluding hydrogens is 534 g/mol. The van der Waals surface area contributed by atoms with Crippen molar-refractivity contribution in [2.75, 3.05) is 0 Å². The minimum absolute atomic E-state index is 0.0349.